The van der Waals surface area contributed by atoms with Gasteiger partial charge in [0, 0.05) is 32.3 Å². The fourth-order valence-electron chi connectivity index (χ4n) is 3.48. The van der Waals surface area contributed by atoms with E-state index in [0.717, 1.165) is 0 Å². The quantitative estimate of drug-likeness (QED) is 0.184. The van der Waals surface area contributed by atoms with E-state index in [0.29, 0.717) is 71.4 Å². The summed E-state index contributed by atoms with van der Waals surface area (Å²) in [5, 5.41) is 5.34. The summed E-state index contributed by atoms with van der Waals surface area (Å²) in [6, 6.07) is 4.12. The number of aldehydes is 1. The third kappa shape index (κ3) is 9.36. The van der Waals surface area contributed by atoms with Crippen LogP contribution in [0, 0.1) is 0 Å². The van der Waals surface area contributed by atoms with Crippen LogP contribution < -0.4 is 10.6 Å². The van der Waals surface area contributed by atoms with Crippen LogP contribution >= 0.6 is 0 Å². The Hall–Kier alpha value is -2.86. The average Bonchev–Trinajstić information content (AvgIpc) is 2.85. The molecule has 11 nitrogen and oxygen atoms in total. The van der Waals surface area contributed by atoms with E-state index in [4.69, 9.17) is 18.9 Å². The molecule has 11 heteroatoms. The number of hydrogen-bond acceptors (Lipinski definition) is 9. The molecule has 1 fully saturated rings. The van der Waals surface area contributed by atoms with E-state index in [1.807, 2.05) is 6.92 Å². The number of anilines is 1. The highest BCUT2D eigenvalue weighted by Crippen LogP contribution is 2.21. The minimum Gasteiger partial charge on any atom is -0.382 e. The molecule has 2 rings (SSSR count). The molecule has 0 aromatic heterocycles. The number of benzene rings is 1. The molecule has 3 amide bonds. The molecule has 35 heavy (non-hydrogen) atoms. The van der Waals surface area contributed by atoms with Crippen LogP contribution in [0.5, 0.6) is 0 Å². The van der Waals surface area contributed by atoms with Gasteiger partial charge in [0.25, 0.3) is 5.91 Å². The van der Waals surface area contributed by atoms with Crippen LogP contribution in [-0.4, -0.2) is 101 Å². The van der Waals surface area contributed by atoms with Crippen molar-refractivity contribution >= 4 is 29.7 Å². The number of imide groups is 1. The molecule has 0 radical (unpaired) electrons. The summed E-state index contributed by atoms with van der Waals surface area (Å²) in [7, 11) is 1.49. The van der Waals surface area contributed by atoms with Crippen molar-refractivity contribution in [3.8, 4) is 0 Å². The molecule has 0 aliphatic carbocycles. The number of nitrogens with zero attached hydrogens (tertiary/aromatic N) is 1. The molecule has 1 aliphatic rings. The van der Waals surface area contributed by atoms with E-state index in [9.17, 15) is 19.2 Å². The highest BCUT2D eigenvalue weighted by Gasteiger charge is 2.33. The summed E-state index contributed by atoms with van der Waals surface area (Å²) in [6.07, 6.45) is 1.01. The second-order valence-electron chi connectivity index (χ2n) is 7.73. The standard InChI is InChI=1S/C24H35N3O8/c1-3-32-11-12-34-15-16-35-14-13-33-10-9-25-20-6-4-5-18(19(20)17-28)24(31)27(2)21-7-8-22(29)26-23(21)30/h4-6,17,21,25H,3,7-16H2,1-2H3,(H,26,29,30). The van der Waals surface area contributed by atoms with E-state index in [2.05, 4.69) is 10.6 Å². The second-order valence-corrected chi connectivity index (χ2v) is 7.73. The van der Waals surface area contributed by atoms with E-state index in [1.54, 1.807) is 12.1 Å². The maximum atomic E-state index is 13.0. The fraction of sp³-hybridized carbons (Fsp3) is 0.583. The molecule has 1 aliphatic heterocycles. The number of likely N-dealkylation sites (N-methyl/N-ethyl adjacent to an activating group) is 1. The highest BCUT2D eigenvalue weighted by atomic mass is 16.6. The van der Waals surface area contributed by atoms with Gasteiger partial charge in [0.1, 0.15) is 6.04 Å². The van der Waals surface area contributed by atoms with Crippen molar-refractivity contribution in [1.82, 2.24) is 10.2 Å². The van der Waals surface area contributed by atoms with Crippen LogP contribution in [0.15, 0.2) is 18.2 Å². The first kappa shape index (κ1) is 28.4. The molecule has 0 bridgehead atoms. The van der Waals surface area contributed by atoms with E-state index in [-0.39, 0.29) is 29.9 Å². The molecule has 1 heterocycles. The smallest absolute Gasteiger partial charge is 0.255 e. The maximum Gasteiger partial charge on any atom is 0.255 e. The lowest BCUT2D eigenvalue weighted by molar-refractivity contribution is -0.136. The third-order valence-corrected chi connectivity index (χ3v) is 5.33. The largest absolute Gasteiger partial charge is 0.382 e. The number of carbonyl (C=O) groups excluding carboxylic acids is 4. The Kier molecular flexibility index (Phi) is 12.9. The molecule has 194 valence electrons. The zero-order valence-electron chi connectivity index (χ0n) is 20.4. The molecule has 1 unspecified atom stereocenters. The van der Waals surface area contributed by atoms with Crippen molar-refractivity contribution in [2.75, 3.05) is 71.8 Å². The van der Waals surface area contributed by atoms with Crippen LogP contribution in [0.25, 0.3) is 0 Å². The summed E-state index contributed by atoms with van der Waals surface area (Å²) in [4.78, 5) is 49.6. The van der Waals surface area contributed by atoms with Crippen molar-refractivity contribution in [1.29, 1.82) is 0 Å². The minimum atomic E-state index is -0.770. The van der Waals surface area contributed by atoms with Gasteiger partial charge in [-0.15, -0.1) is 0 Å². The number of piperidine rings is 1. The second kappa shape index (κ2) is 15.9. The Bertz CT molecular complexity index is 848. The lowest BCUT2D eigenvalue weighted by Gasteiger charge is -2.30. The SMILES string of the molecule is CCOCCOCCOCCOCCNc1cccc(C(=O)N(C)C2CCC(=O)NC2=O)c1C=O. The lowest BCUT2D eigenvalue weighted by Crippen LogP contribution is -2.53. The number of hydrogen-bond donors (Lipinski definition) is 2. The van der Waals surface area contributed by atoms with Gasteiger partial charge in [-0.3, -0.25) is 24.5 Å². The van der Waals surface area contributed by atoms with Crippen LogP contribution in [0.3, 0.4) is 0 Å². The lowest BCUT2D eigenvalue weighted by atomic mass is 10.0. The zero-order chi connectivity index (χ0) is 25.5. The van der Waals surface area contributed by atoms with Gasteiger partial charge in [-0.05, 0) is 25.5 Å². The van der Waals surface area contributed by atoms with Crippen LogP contribution in [0.4, 0.5) is 5.69 Å². The summed E-state index contributed by atoms with van der Waals surface area (Å²) in [5.74, 6) is -1.35. The first-order valence-corrected chi connectivity index (χ1v) is 11.7. The first-order valence-electron chi connectivity index (χ1n) is 11.7. The van der Waals surface area contributed by atoms with Gasteiger partial charge in [0.15, 0.2) is 6.29 Å². The van der Waals surface area contributed by atoms with E-state index in [1.165, 1.54) is 18.0 Å². The van der Waals surface area contributed by atoms with Crippen molar-refractivity contribution in [3.05, 3.63) is 29.3 Å². The number of nitrogens with one attached hydrogen (secondary N) is 2. The normalized spacial score (nSPS) is 15.5. The first-order chi connectivity index (χ1) is 17.0. The predicted molar refractivity (Wildman–Crippen MR) is 128 cm³/mol. The molecule has 1 aromatic rings. The Morgan fingerprint density at radius 2 is 1.69 bits per heavy atom. The molecule has 1 aromatic carbocycles. The molecule has 2 N–H and O–H groups in total. The van der Waals surface area contributed by atoms with Crippen molar-refractivity contribution in [3.63, 3.8) is 0 Å². The predicted octanol–water partition coefficient (Wildman–Crippen LogP) is 0.875. The number of ether oxygens (including phenoxy) is 4. The fourth-order valence-corrected chi connectivity index (χ4v) is 3.48. The van der Waals surface area contributed by atoms with Gasteiger partial charge in [-0.1, -0.05) is 6.07 Å². The summed E-state index contributed by atoms with van der Waals surface area (Å²) >= 11 is 0. The monoisotopic (exact) mass is 493 g/mol. The van der Waals surface area contributed by atoms with E-state index < -0.39 is 17.9 Å². The Labute approximate surface area is 205 Å². The van der Waals surface area contributed by atoms with Crippen molar-refractivity contribution in [2.24, 2.45) is 0 Å². The molecular weight excluding hydrogens is 458 g/mol. The molecule has 1 saturated heterocycles. The summed E-state index contributed by atoms with van der Waals surface area (Å²) in [5.41, 5.74) is 0.867. The van der Waals surface area contributed by atoms with Crippen LogP contribution in [-0.2, 0) is 28.5 Å². The molecule has 0 saturated carbocycles. The summed E-state index contributed by atoms with van der Waals surface area (Å²) in [6.45, 7) is 6.34. The Morgan fingerprint density at radius 3 is 2.29 bits per heavy atom. The van der Waals surface area contributed by atoms with Crippen LogP contribution in [0.1, 0.15) is 40.5 Å². The Morgan fingerprint density at radius 1 is 1.06 bits per heavy atom. The minimum absolute atomic E-state index is 0.156. The van der Waals surface area contributed by atoms with Gasteiger partial charge in [-0.2, -0.15) is 0 Å². The average molecular weight is 494 g/mol. The molecule has 1 atom stereocenters. The van der Waals surface area contributed by atoms with Gasteiger partial charge in [0.05, 0.1) is 57.4 Å². The topological polar surface area (TPSA) is 132 Å². The third-order valence-electron chi connectivity index (χ3n) is 5.33. The number of carbonyl (C=O) groups is 4. The Balaban J connectivity index is 1.73. The van der Waals surface area contributed by atoms with Crippen molar-refractivity contribution in [2.45, 2.75) is 25.8 Å². The number of amides is 3. The van der Waals surface area contributed by atoms with E-state index >= 15 is 0 Å². The van der Waals surface area contributed by atoms with Crippen molar-refractivity contribution < 1.29 is 38.1 Å². The van der Waals surface area contributed by atoms with Gasteiger partial charge >= 0.3 is 0 Å². The zero-order valence-corrected chi connectivity index (χ0v) is 20.4. The molecular formula is C24H35N3O8. The summed E-state index contributed by atoms with van der Waals surface area (Å²) < 4.78 is 21.5. The van der Waals surface area contributed by atoms with Gasteiger partial charge in [0.2, 0.25) is 11.8 Å². The maximum absolute atomic E-state index is 13.0. The van der Waals surface area contributed by atoms with Gasteiger partial charge < -0.3 is 29.2 Å². The van der Waals surface area contributed by atoms with Gasteiger partial charge in [-0.25, -0.2) is 0 Å². The van der Waals surface area contributed by atoms with Crippen LogP contribution in [0.2, 0.25) is 0 Å². The highest BCUT2D eigenvalue weighted by molar-refractivity contribution is 6.07. The number of rotatable bonds is 17. The molecule has 0 spiro atoms.